The quantitative estimate of drug-likeness (QED) is 0.628. The number of hydrogen-bond donors (Lipinski definition) is 0. The molecule has 1 atom stereocenters. The summed E-state index contributed by atoms with van der Waals surface area (Å²) in [7, 11) is 3.62. The van der Waals surface area contributed by atoms with E-state index in [9.17, 15) is 4.39 Å². The highest BCUT2D eigenvalue weighted by Crippen LogP contribution is 2.36. The predicted molar refractivity (Wildman–Crippen MR) is 123 cm³/mol. The zero-order valence-corrected chi connectivity index (χ0v) is 19.1. The molecule has 1 saturated heterocycles. The normalized spacial score (nSPS) is 20.5. The number of likely N-dealkylation sites (N-methyl/N-ethyl adjacent to an activating group) is 1. The maximum atomic E-state index is 14.3. The van der Waals surface area contributed by atoms with E-state index in [2.05, 4.69) is 42.0 Å². The van der Waals surface area contributed by atoms with E-state index in [1.165, 1.54) is 57.1 Å². The molecule has 1 unspecified atom stereocenters. The number of likely N-dealkylation sites (tertiary alicyclic amines) is 1. The lowest BCUT2D eigenvalue weighted by atomic mass is 9.84. The van der Waals surface area contributed by atoms with E-state index in [-0.39, 0.29) is 17.5 Å². The van der Waals surface area contributed by atoms with Gasteiger partial charge in [-0.05, 0) is 92.8 Å². The van der Waals surface area contributed by atoms with Crippen molar-refractivity contribution in [3.8, 4) is 11.5 Å². The third-order valence-electron chi connectivity index (χ3n) is 6.74. The Balaban J connectivity index is 1.44. The molecule has 4 rings (SSSR count). The number of hydrogen-bond acceptors (Lipinski definition) is 4. The second-order valence-electron chi connectivity index (χ2n) is 9.10. The molecule has 0 bridgehead atoms. The van der Waals surface area contributed by atoms with Crippen LogP contribution in [-0.4, -0.2) is 56.7 Å². The van der Waals surface area contributed by atoms with E-state index in [4.69, 9.17) is 9.47 Å². The Morgan fingerprint density at radius 1 is 1.10 bits per heavy atom. The van der Waals surface area contributed by atoms with Gasteiger partial charge in [0.1, 0.15) is 5.75 Å². The number of nitrogens with zero attached hydrogens (tertiary/aromatic N) is 2. The molecule has 2 aliphatic heterocycles. The van der Waals surface area contributed by atoms with Gasteiger partial charge in [-0.2, -0.15) is 0 Å². The van der Waals surface area contributed by atoms with Crippen LogP contribution < -0.4 is 9.47 Å². The van der Waals surface area contributed by atoms with Crippen LogP contribution in [0, 0.1) is 11.7 Å². The zero-order valence-electron chi connectivity index (χ0n) is 19.1. The van der Waals surface area contributed by atoms with Crippen molar-refractivity contribution in [1.29, 1.82) is 0 Å². The van der Waals surface area contributed by atoms with Gasteiger partial charge in [0.25, 0.3) is 0 Å². The largest absolute Gasteiger partial charge is 0.494 e. The molecule has 31 heavy (non-hydrogen) atoms. The summed E-state index contributed by atoms with van der Waals surface area (Å²) >= 11 is 0. The molecule has 0 aromatic heterocycles. The van der Waals surface area contributed by atoms with E-state index >= 15 is 0 Å². The zero-order chi connectivity index (χ0) is 21.8. The molecular formula is C26H35FN2O2. The summed E-state index contributed by atoms with van der Waals surface area (Å²) in [5, 5.41) is 0. The van der Waals surface area contributed by atoms with E-state index in [1.807, 2.05) is 6.07 Å². The van der Waals surface area contributed by atoms with Gasteiger partial charge < -0.3 is 19.3 Å². The topological polar surface area (TPSA) is 24.9 Å². The van der Waals surface area contributed by atoms with Crippen LogP contribution in [0.5, 0.6) is 11.5 Å². The molecule has 2 aromatic rings. The van der Waals surface area contributed by atoms with Crippen molar-refractivity contribution in [2.45, 2.75) is 38.6 Å². The third kappa shape index (κ3) is 5.21. The van der Waals surface area contributed by atoms with Gasteiger partial charge in [-0.25, -0.2) is 4.39 Å². The Labute approximate surface area is 185 Å². The van der Waals surface area contributed by atoms with E-state index in [1.54, 1.807) is 12.1 Å². The monoisotopic (exact) mass is 426 g/mol. The summed E-state index contributed by atoms with van der Waals surface area (Å²) in [4.78, 5) is 4.86. The molecule has 0 N–H and O–H groups in total. The Bertz CT molecular complexity index is 880. The van der Waals surface area contributed by atoms with Gasteiger partial charge in [-0.3, -0.25) is 0 Å². The predicted octanol–water partition coefficient (Wildman–Crippen LogP) is 4.91. The van der Waals surface area contributed by atoms with Crippen LogP contribution in [0.2, 0.25) is 0 Å². The van der Waals surface area contributed by atoms with Crippen LogP contribution >= 0.6 is 0 Å². The van der Waals surface area contributed by atoms with Gasteiger partial charge in [0.05, 0.1) is 13.7 Å². The fraction of sp³-hybridized carbons (Fsp3) is 0.538. The molecule has 0 aliphatic carbocycles. The van der Waals surface area contributed by atoms with Crippen LogP contribution in [0.4, 0.5) is 4.39 Å². The maximum Gasteiger partial charge on any atom is 0.165 e. The number of halogens is 1. The highest BCUT2D eigenvalue weighted by Gasteiger charge is 2.26. The lowest BCUT2D eigenvalue weighted by Gasteiger charge is -2.33. The van der Waals surface area contributed by atoms with E-state index in [0.29, 0.717) is 5.92 Å². The van der Waals surface area contributed by atoms with Crippen LogP contribution in [0.1, 0.15) is 48.8 Å². The summed E-state index contributed by atoms with van der Waals surface area (Å²) in [6.45, 7) is 8.39. The van der Waals surface area contributed by atoms with Crippen molar-refractivity contribution < 1.29 is 13.9 Å². The highest BCUT2D eigenvalue weighted by molar-refractivity contribution is 5.45. The summed E-state index contributed by atoms with van der Waals surface area (Å²) in [6.07, 6.45) is 3.67. The molecule has 2 aliphatic rings. The molecule has 5 heteroatoms. The summed E-state index contributed by atoms with van der Waals surface area (Å²) in [5.41, 5.74) is 3.52. The summed E-state index contributed by atoms with van der Waals surface area (Å²) < 4.78 is 25.6. The van der Waals surface area contributed by atoms with Crippen molar-refractivity contribution in [3.05, 3.63) is 58.9 Å². The first-order valence-electron chi connectivity index (χ1n) is 11.6. The van der Waals surface area contributed by atoms with E-state index in [0.717, 1.165) is 31.0 Å². The third-order valence-corrected chi connectivity index (χ3v) is 6.74. The Morgan fingerprint density at radius 3 is 2.61 bits per heavy atom. The fourth-order valence-corrected chi connectivity index (χ4v) is 5.01. The van der Waals surface area contributed by atoms with Crippen molar-refractivity contribution in [1.82, 2.24) is 9.80 Å². The van der Waals surface area contributed by atoms with Crippen LogP contribution in [-0.2, 0) is 6.54 Å². The lowest BCUT2D eigenvalue weighted by molar-refractivity contribution is 0.141. The lowest BCUT2D eigenvalue weighted by Crippen LogP contribution is -2.36. The standard InChI is InChI=1S/C26H35FN2O2/c1-4-11-29-12-9-19(10-13-29)18-31-22-6-7-23-21(14-22)16-28(2)17-24(23)20-5-8-26(30-3)25(27)15-20/h5-8,14-15,19,24H,4,9-13,16-18H2,1-3H3. The van der Waals surface area contributed by atoms with Crippen molar-refractivity contribution in [2.24, 2.45) is 5.92 Å². The average molecular weight is 427 g/mol. The number of fused-ring (bicyclic) bond motifs is 1. The Morgan fingerprint density at radius 2 is 1.90 bits per heavy atom. The second kappa shape index (κ2) is 10.0. The smallest absolute Gasteiger partial charge is 0.165 e. The molecule has 168 valence electrons. The first kappa shape index (κ1) is 22.1. The first-order chi connectivity index (χ1) is 15.1. The van der Waals surface area contributed by atoms with Gasteiger partial charge in [0.15, 0.2) is 11.6 Å². The molecular weight excluding hydrogens is 391 g/mol. The minimum absolute atomic E-state index is 0.145. The molecule has 0 amide bonds. The van der Waals surface area contributed by atoms with Crippen LogP contribution in [0.25, 0.3) is 0 Å². The average Bonchev–Trinajstić information content (AvgIpc) is 2.78. The molecule has 0 saturated carbocycles. The minimum atomic E-state index is -0.306. The number of piperidine rings is 1. The molecule has 2 aromatic carbocycles. The van der Waals surface area contributed by atoms with Gasteiger partial charge in [0, 0.05) is 19.0 Å². The molecule has 0 spiro atoms. The minimum Gasteiger partial charge on any atom is -0.494 e. The Kier molecular flexibility index (Phi) is 7.13. The summed E-state index contributed by atoms with van der Waals surface area (Å²) in [5.74, 6) is 1.72. The first-order valence-corrected chi connectivity index (χ1v) is 11.6. The second-order valence-corrected chi connectivity index (χ2v) is 9.10. The Hall–Kier alpha value is -2.11. The van der Waals surface area contributed by atoms with Crippen LogP contribution in [0.15, 0.2) is 36.4 Å². The SMILES string of the molecule is CCCN1CCC(COc2ccc3c(c2)CN(C)CC3c2ccc(OC)c(F)c2)CC1. The molecule has 2 heterocycles. The van der Waals surface area contributed by atoms with Crippen molar-refractivity contribution in [2.75, 3.05) is 46.9 Å². The molecule has 0 radical (unpaired) electrons. The number of benzene rings is 2. The molecule has 1 fully saturated rings. The highest BCUT2D eigenvalue weighted by atomic mass is 19.1. The van der Waals surface area contributed by atoms with Gasteiger partial charge in [0.2, 0.25) is 0 Å². The van der Waals surface area contributed by atoms with Gasteiger partial charge >= 0.3 is 0 Å². The summed E-state index contributed by atoms with van der Waals surface area (Å²) in [6, 6.07) is 11.8. The number of rotatable bonds is 7. The number of methoxy groups -OCH3 is 1. The van der Waals surface area contributed by atoms with Crippen molar-refractivity contribution >= 4 is 0 Å². The number of ether oxygens (including phenoxy) is 2. The van der Waals surface area contributed by atoms with Crippen LogP contribution in [0.3, 0.4) is 0 Å². The molecule has 4 nitrogen and oxygen atoms in total. The van der Waals surface area contributed by atoms with Gasteiger partial charge in [-0.15, -0.1) is 0 Å². The van der Waals surface area contributed by atoms with Gasteiger partial charge in [-0.1, -0.05) is 19.1 Å². The van der Waals surface area contributed by atoms with E-state index < -0.39 is 0 Å². The fourth-order valence-electron chi connectivity index (χ4n) is 5.01. The van der Waals surface area contributed by atoms with Crippen molar-refractivity contribution in [3.63, 3.8) is 0 Å². The maximum absolute atomic E-state index is 14.3.